The molecule has 0 saturated heterocycles. The Morgan fingerprint density at radius 2 is 2.07 bits per heavy atom. The SMILES string of the molecule is CCOC(=O)CCc1c(/C=C2\C(=O)Nc3ccc(C)cc32)[nH]c2c1C(=O)CCC2. The zero-order valence-corrected chi connectivity index (χ0v) is 16.7. The normalized spacial score (nSPS) is 16.6. The van der Waals surface area contributed by atoms with Crippen LogP contribution in [0.5, 0.6) is 0 Å². The van der Waals surface area contributed by atoms with E-state index in [-0.39, 0.29) is 24.1 Å². The summed E-state index contributed by atoms with van der Waals surface area (Å²) in [4.78, 5) is 40.4. The minimum absolute atomic E-state index is 0.0955. The van der Waals surface area contributed by atoms with Crippen LogP contribution >= 0.6 is 0 Å². The Morgan fingerprint density at radius 1 is 1.24 bits per heavy atom. The van der Waals surface area contributed by atoms with E-state index in [9.17, 15) is 14.4 Å². The van der Waals surface area contributed by atoms with Gasteiger partial charge in [-0.25, -0.2) is 0 Å². The maximum absolute atomic E-state index is 12.6. The number of benzene rings is 1. The number of anilines is 1. The minimum Gasteiger partial charge on any atom is -0.466 e. The van der Waals surface area contributed by atoms with Gasteiger partial charge in [0.1, 0.15) is 0 Å². The average Bonchev–Trinajstić information content (AvgIpc) is 3.19. The van der Waals surface area contributed by atoms with Gasteiger partial charge in [0, 0.05) is 41.0 Å². The van der Waals surface area contributed by atoms with Crippen LogP contribution in [0.2, 0.25) is 0 Å². The molecule has 2 heterocycles. The number of amides is 1. The van der Waals surface area contributed by atoms with Gasteiger partial charge in [-0.1, -0.05) is 11.6 Å². The lowest BCUT2D eigenvalue weighted by Crippen LogP contribution is -2.12. The van der Waals surface area contributed by atoms with Crippen LogP contribution in [-0.2, 0) is 27.2 Å². The van der Waals surface area contributed by atoms with Crippen molar-refractivity contribution >= 4 is 35.0 Å². The lowest BCUT2D eigenvalue weighted by Gasteiger charge is -2.11. The predicted octanol–water partition coefficient (Wildman–Crippen LogP) is 3.83. The smallest absolute Gasteiger partial charge is 0.306 e. The van der Waals surface area contributed by atoms with E-state index in [1.54, 1.807) is 6.92 Å². The molecule has 4 rings (SSSR count). The summed E-state index contributed by atoms with van der Waals surface area (Å²) >= 11 is 0. The van der Waals surface area contributed by atoms with Gasteiger partial charge in [-0.15, -0.1) is 0 Å². The fourth-order valence-corrected chi connectivity index (χ4v) is 4.12. The molecule has 1 aromatic heterocycles. The first-order chi connectivity index (χ1) is 14.0. The molecule has 1 aromatic carbocycles. The number of hydrogen-bond donors (Lipinski definition) is 2. The van der Waals surface area contributed by atoms with Crippen molar-refractivity contribution in [1.29, 1.82) is 0 Å². The van der Waals surface area contributed by atoms with Gasteiger partial charge >= 0.3 is 5.97 Å². The van der Waals surface area contributed by atoms with E-state index in [1.165, 1.54) is 0 Å². The van der Waals surface area contributed by atoms with Gasteiger partial charge in [0.15, 0.2) is 5.78 Å². The Morgan fingerprint density at radius 3 is 2.86 bits per heavy atom. The molecule has 1 aliphatic carbocycles. The number of carbonyl (C=O) groups is 3. The molecule has 2 aromatic rings. The number of aromatic amines is 1. The molecule has 0 unspecified atom stereocenters. The Hall–Kier alpha value is -3.15. The summed E-state index contributed by atoms with van der Waals surface area (Å²) in [7, 11) is 0. The molecule has 0 fully saturated rings. The molecular formula is C23H24N2O4. The molecule has 6 heteroatoms. The average molecular weight is 392 g/mol. The van der Waals surface area contributed by atoms with Crippen molar-refractivity contribution in [3.05, 3.63) is 51.8 Å². The van der Waals surface area contributed by atoms with Crippen LogP contribution in [0.1, 0.15) is 64.6 Å². The Kier molecular flexibility index (Phi) is 5.09. The number of hydrogen-bond acceptors (Lipinski definition) is 4. The molecule has 29 heavy (non-hydrogen) atoms. The highest BCUT2D eigenvalue weighted by atomic mass is 16.5. The number of nitrogens with one attached hydrogen (secondary N) is 2. The molecule has 0 atom stereocenters. The van der Waals surface area contributed by atoms with Gasteiger partial charge in [-0.3, -0.25) is 14.4 Å². The first-order valence-corrected chi connectivity index (χ1v) is 10.0. The summed E-state index contributed by atoms with van der Waals surface area (Å²) in [5.41, 5.74) is 6.39. The zero-order valence-electron chi connectivity index (χ0n) is 16.7. The number of fused-ring (bicyclic) bond motifs is 2. The molecule has 150 valence electrons. The summed E-state index contributed by atoms with van der Waals surface area (Å²) in [5, 5.41) is 2.89. The van der Waals surface area contributed by atoms with Gasteiger partial charge < -0.3 is 15.0 Å². The third-order valence-corrected chi connectivity index (χ3v) is 5.45. The van der Waals surface area contributed by atoms with Crippen LogP contribution in [0.25, 0.3) is 11.6 Å². The number of ether oxygens (including phenoxy) is 1. The van der Waals surface area contributed by atoms with Crippen molar-refractivity contribution in [2.75, 3.05) is 11.9 Å². The summed E-state index contributed by atoms with van der Waals surface area (Å²) < 4.78 is 5.05. The fourth-order valence-electron chi connectivity index (χ4n) is 4.12. The van der Waals surface area contributed by atoms with Crippen LogP contribution in [0.3, 0.4) is 0 Å². The van der Waals surface area contributed by atoms with Crippen LogP contribution < -0.4 is 5.32 Å². The number of carbonyl (C=O) groups excluding carboxylic acids is 3. The second kappa shape index (κ2) is 7.70. The Labute approximate surface area is 169 Å². The molecule has 1 aliphatic heterocycles. The molecule has 1 amide bonds. The van der Waals surface area contributed by atoms with E-state index < -0.39 is 0 Å². The van der Waals surface area contributed by atoms with Crippen LogP contribution in [0.4, 0.5) is 5.69 Å². The van der Waals surface area contributed by atoms with E-state index in [1.807, 2.05) is 31.2 Å². The number of Topliss-reactive ketones (excluding diaryl/α,β-unsaturated/α-hetero) is 1. The molecule has 0 saturated carbocycles. The van der Waals surface area contributed by atoms with E-state index in [2.05, 4.69) is 10.3 Å². The quantitative estimate of drug-likeness (QED) is 0.598. The molecule has 2 N–H and O–H groups in total. The maximum Gasteiger partial charge on any atom is 0.306 e. The van der Waals surface area contributed by atoms with Gasteiger partial charge in [0.2, 0.25) is 0 Å². The lowest BCUT2D eigenvalue weighted by atomic mass is 9.91. The van der Waals surface area contributed by atoms with E-state index in [0.717, 1.165) is 46.6 Å². The van der Waals surface area contributed by atoms with Crippen molar-refractivity contribution in [3.8, 4) is 0 Å². The van der Waals surface area contributed by atoms with Crippen LogP contribution in [0, 0.1) is 6.92 Å². The largest absolute Gasteiger partial charge is 0.466 e. The maximum atomic E-state index is 12.6. The number of aryl methyl sites for hydroxylation is 2. The van der Waals surface area contributed by atoms with Gasteiger partial charge in [0.25, 0.3) is 5.91 Å². The number of H-pyrrole nitrogens is 1. The summed E-state index contributed by atoms with van der Waals surface area (Å²) in [6.45, 7) is 4.08. The van der Waals surface area contributed by atoms with Crippen molar-refractivity contribution in [3.63, 3.8) is 0 Å². The molecule has 6 nitrogen and oxygen atoms in total. The second-order valence-electron chi connectivity index (χ2n) is 7.51. The first-order valence-electron chi connectivity index (χ1n) is 10.0. The highest BCUT2D eigenvalue weighted by molar-refractivity contribution is 6.35. The van der Waals surface area contributed by atoms with Gasteiger partial charge in [0.05, 0.1) is 12.2 Å². The summed E-state index contributed by atoms with van der Waals surface area (Å²) in [5.74, 6) is -0.358. The fraction of sp³-hybridized carbons (Fsp3) is 0.348. The molecule has 0 spiro atoms. The van der Waals surface area contributed by atoms with Gasteiger partial charge in [-0.2, -0.15) is 0 Å². The number of esters is 1. The molecule has 0 radical (unpaired) electrons. The van der Waals surface area contributed by atoms with E-state index >= 15 is 0 Å². The zero-order chi connectivity index (χ0) is 20.5. The standard InChI is InChI=1S/C23H24N2O4/c1-3-29-21(27)10-8-14-19(24-18-5-4-6-20(26)22(14)18)12-16-15-11-13(2)7-9-17(15)25-23(16)28/h7,9,11-12,24H,3-6,8,10H2,1-2H3,(H,25,28)/b16-12-. The highest BCUT2D eigenvalue weighted by Crippen LogP contribution is 2.36. The Balaban J connectivity index is 1.77. The van der Waals surface area contributed by atoms with Crippen LogP contribution in [-0.4, -0.2) is 29.3 Å². The van der Waals surface area contributed by atoms with Crippen molar-refractivity contribution in [2.45, 2.75) is 46.0 Å². The summed E-state index contributed by atoms with van der Waals surface area (Å²) in [6, 6.07) is 5.83. The Bertz CT molecular complexity index is 1050. The number of ketones is 1. The monoisotopic (exact) mass is 392 g/mol. The number of aromatic nitrogens is 1. The minimum atomic E-state index is -0.288. The third kappa shape index (κ3) is 3.62. The lowest BCUT2D eigenvalue weighted by molar-refractivity contribution is -0.143. The van der Waals surface area contributed by atoms with E-state index in [4.69, 9.17) is 4.74 Å². The van der Waals surface area contributed by atoms with Crippen molar-refractivity contribution in [2.24, 2.45) is 0 Å². The van der Waals surface area contributed by atoms with Gasteiger partial charge in [-0.05, 0) is 56.9 Å². The summed E-state index contributed by atoms with van der Waals surface area (Å²) in [6.07, 6.45) is 4.52. The highest BCUT2D eigenvalue weighted by Gasteiger charge is 2.28. The topological polar surface area (TPSA) is 88.3 Å². The molecule has 0 bridgehead atoms. The molecular weight excluding hydrogens is 368 g/mol. The van der Waals surface area contributed by atoms with Crippen molar-refractivity contribution < 1.29 is 19.1 Å². The first kappa shape index (κ1) is 19.2. The second-order valence-corrected chi connectivity index (χ2v) is 7.51. The van der Waals surface area contributed by atoms with Crippen molar-refractivity contribution in [1.82, 2.24) is 4.98 Å². The van der Waals surface area contributed by atoms with E-state index in [0.29, 0.717) is 30.6 Å². The third-order valence-electron chi connectivity index (χ3n) is 5.45. The predicted molar refractivity (Wildman–Crippen MR) is 111 cm³/mol. The van der Waals surface area contributed by atoms with Crippen LogP contribution in [0.15, 0.2) is 18.2 Å². The molecule has 2 aliphatic rings. The number of rotatable bonds is 5.